The second-order valence-electron chi connectivity index (χ2n) is 7.91. The van der Waals surface area contributed by atoms with E-state index in [0.717, 1.165) is 12.3 Å². The minimum Gasteiger partial charge on any atom is -0.392 e. The number of sulfone groups is 1. The van der Waals surface area contributed by atoms with Crippen LogP contribution in [0.5, 0.6) is 0 Å². The number of alkyl halides is 3. The van der Waals surface area contributed by atoms with Crippen molar-refractivity contribution in [1.29, 1.82) is 0 Å². The SMILES string of the molecule is C=N/C(=N\C(=C/C)C(F)(F)F)N1CCN(c2ccc(CO)c(S(C)(=O)=O)c2)CC1C(C)C. The van der Waals surface area contributed by atoms with Crippen molar-refractivity contribution in [1.82, 2.24) is 4.90 Å². The van der Waals surface area contributed by atoms with Gasteiger partial charge in [-0.3, -0.25) is 0 Å². The Hall–Kier alpha value is -2.40. The van der Waals surface area contributed by atoms with E-state index < -0.39 is 28.3 Å². The lowest BCUT2D eigenvalue weighted by atomic mass is 9.99. The fourth-order valence-corrected chi connectivity index (χ4v) is 4.61. The Bertz CT molecular complexity index is 1000. The fourth-order valence-electron chi connectivity index (χ4n) is 3.67. The average molecular weight is 475 g/mol. The molecule has 11 heteroatoms. The van der Waals surface area contributed by atoms with Crippen molar-refractivity contribution in [2.24, 2.45) is 15.9 Å². The average Bonchev–Trinajstić information content (AvgIpc) is 2.72. The molecule has 0 aromatic heterocycles. The van der Waals surface area contributed by atoms with Gasteiger partial charge in [0.05, 0.1) is 17.5 Å². The first kappa shape index (κ1) is 25.9. The molecule has 2 rings (SSSR count). The first-order valence-electron chi connectivity index (χ1n) is 10.1. The molecule has 0 radical (unpaired) electrons. The van der Waals surface area contributed by atoms with Crippen LogP contribution >= 0.6 is 0 Å². The summed E-state index contributed by atoms with van der Waals surface area (Å²) in [5.74, 6) is -0.0583. The van der Waals surface area contributed by atoms with Crippen LogP contribution in [0.1, 0.15) is 26.3 Å². The summed E-state index contributed by atoms with van der Waals surface area (Å²) in [6, 6.07) is 4.59. The quantitative estimate of drug-likeness (QED) is 0.523. The molecule has 0 aliphatic carbocycles. The second-order valence-corrected chi connectivity index (χ2v) is 9.90. The number of allylic oxidation sites excluding steroid dienone is 2. The molecule has 7 nitrogen and oxygen atoms in total. The zero-order valence-electron chi connectivity index (χ0n) is 18.6. The summed E-state index contributed by atoms with van der Waals surface area (Å²) >= 11 is 0. The molecule has 1 aromatic carbocycles. The lowest BCUT2D eigenvalue weighted by Gasteiger charge is -2.44. The summed E-state index contributed by atoms with van der Waals surface area (Å²) in [5.41, 5.74) is -0.0729. The lowest BCUT2D eigenvalue weighted by Crippen LogP contribution is -2.57. The standard InChI is InChI=1S/C21H29F3N4O3S/c1-6-19(21(22,23)24)26-20(25-4)28-10-9-27(12-17(28)14(2)3)16-8-7-15(13-29)18(11-16)32(5,30)31/h6-8,11,14,17,29H,4,9-10,12-13H2,1-3,5H3/b19-6-,26-20+. The molecule has 0 bridgehead atoms. The molecule has 1 N–H and O–H groups in total. The molecule has 1 aromatic rings. The van der Waals surface area contributed by atoms with E-state index in [4.69, 9.17) is 0 Å². The van der Waals surface area contributed by atoms with E-state index in [1.165, 1.54) is 13.0 Å². The van der Waals surface area contributed by atoms with Crippen LogP contribution in [0.2, 0.25) is 0 Å². The van der Waals surface area contributed by atoms with Gasteiger partial charge in [0, 0.05) is 31.6 Å². The maximum atomic E-state index is 13.2. The third-order valence-electron chi connectivity index (χ3n) is 5.36. The third kappa shape index (κ3) is 5.89. The van der Waals surface area contributed by atoms with E-state index in [0.29, 0.717) is 30.9 Å². The van der Waals surface area contributed by atoms with Gasteiger partial charge in [-0.15, -0.1) is 0 Å². The summed E-state index contributed by atoms with van der Waals surface area (Å²) in [5, 5.41) is 9.47. The Morgan fingerprint density at radius 2 is 2.00 bits per heavy atom. The van der Waals surface area contributed by atoms with Crippen LogP contribution in [0.25, 0.3) is 0 Å². The van der Waals surface area contributed by atoms with Gasteiger partial charge in [0.1, 0.15) is 5.70 Å². The summed E-state index contributed by atoms with van der Waals surface area (Å²) < 4.78 is 63.8. The molecule has 32 heavy (non-hydrogen) atoms. The zero-order chi connectivity index (χ0) is 24.3. The van der Waals surface area contributed by atoms with Crippen LogP contribution in [-0.2, 0) is 16.4 Å². The third-order valence-corrected chi connectivity index (χ3v) is 6.54. The number of aliphatic hydroxyl groups excluding tert-OH is 1. The van der Waals surface area contributed by atoms with Crippen molar-refractivity contribution in [3.8, 4) is 0 Å². The van der Waals surface area contributed by atoms with Crippen molar-refractivity contribution in [3.63, 3.8) is 0 Å². The minimum absolute atomic E-state index is 0.0378. The van der Waals surface area contributed by atoms with Crippen molar-refractivity contribution in [3.05, 3.63) is 35.5 Å². The number of hydrogen-bond donors (Lipinski definition) is 1. The molecule has 0 amide bonds. The second kappa shape index (κ2) is 10.0. The predicted octanol–water partition coefficient (Wildman–Crippen LogP) is 3.25. The molecular formula is C21H29F3N4O3S. The van der Waals surface area contributed by atoms with Crippen LogP contribution < -0.4 is 4.90 Å². The molecule has 1 unspecified atom stereocenters. The Balaban J connectivity index is 2.40. The van der Waals surface area contributed by atoms with Gasteiger partial charge in [-0.25, -0.2) is 18.4 Å². The molecule has 0 spiro atoms. The van der Waals surface area contributed by atoms with E-state index in [-0.39, 0.29) is 22.8 Å². The Labute approximate surface area is 186 Å². The van der Waals surface area contributed by atoms with Gasteiger partial charge in [0.25, 0.3) is 0 Å². The number of benzene rings is 1. The normalized spacial score (nSPS) is 19.0. The monoisotopic (exact) mass is 474 g/mol. The number of guanidine groups is 1. The summed E-state index contributed by atoms with van der Waals surface area (Å²) in [6.07, 6.45) is -2.63. The maximum absolute atomic E-state index is 13.2. The van der Waals surface area contributed by atoms with Gasteiger partial charge in [0.15, 0.2) is 9.84 Å². The van der Waals surface area contributed by atoms with E-state index in [1.54, 1.807) is 17.0 Å². The number of aliphatic hydroxyl groups is 1. The smallest absolute Gasteiger partial charge is 0.392 e. The van der Waals surface area contributed by atoms with Crippen LogP contribution in [0.4, 0.5) is 18.9 Å². The Kier molecular flexibility index (Phi) is 8.11. The summed E-state index contributed by atoms with van der Waals surface area (Å²) in [6.45, 7) is 9.32. The fraction of sp³-hybridized carbons (Fsp3) is 0.524. The Morgan fingerprint density at radius 1 is 1.34 bits per heavy atom. The van der Waals surface area contributed by atoms with Crippen LogP contribution in [0.3, 0.4) is 0 Å². The van der Waals surface area contributed by atoms with E-state index >= 15 is 0 Å². The van der Waals surface area contributed by atoms with Crippen LogP contribution in [0.15, 0.2) is 44.9 Å². The van der Waals surface area contributed by atoms with Gasteiger partial charge < -0.3 is 14.9 Å². The van der Waals surface area contributed by atoms with Crippen molar-refractivity contribution >= 4 is 28.2 Å². The molecule has 1 aliphatic heterocycles. The zero-order valence-corrected chi connectivity index (χ0v) is 19.4. The minimum atomic E-state index is -4.60. The molecule has 1 heterocycles. The molecule has 0 saturated carbocycles. The van der Waals surface area contributed by atoms with E-state index in [9.17, 15) is 26.7 Å². The van der Waals surface area contributed by atoms with Gasteiger partial charge >= 0.3 is 6.18 Å². The van der Waals surface area contributed by atoms with E-state index in [2.05, 4.69) is 16.7 Å². The van der Waals surface area contributed by atoms with Crippen LogP contribution in [0, 0.1) is 5.92 Å². The number of anilines is 1. The highest BCUT2D eigenvalue weighted by atomic mass is 32.2. The lowest BCUT2D eigenvalue weighted by molar-refractivity contribution is -0.0925. The van der Waals surface area contributed by atoms with Gasteiger partial charge in [0.2, 0.25) is 5.96 Å². The summed E-state index contributed by atoms with van der Waals surface area (Å²) in [7, 11) is -3.55. The molecule has 178 valence electrons. The topological polar surface area (TPSA) is 85.6 Å². The highest BCUT2D eigenvalue weighted by molar-refractivity contribution is 7.90. The molecule has 1 aliphatic rings. The van der Waals surface area contributed by atoms with E-state index in [1.807, 2.05) is 18.7 Å². The first-order chi connectivity index (χ1) is 14.8. The maximum Gasteiger partial charge on any atom is 0.433 e. The number of hydrogen-bond acceptors (Lipinski definition) is 5. The molecule has 1 saturated heterocycles. The Morgan fingerprint density at radius 3 is 2.47 bits per heavy atom. The summed E-state index contributed by atoms with van der Waals surface area (Å²) in [4.78, 5) is 11.2. The van der Waals surface area contributed by atoms with Crippen molar-refractivity contribution in [2.75, 3.05) is 30.8 Å². The number of nitrogens with zero attached hydrogens (tertiary/aromatic N) is 4. The van der Waals surface area contributed by atoms with Crippen molar-refractivity contribution < 1.29 is 26.7 Å². The number of piperazine rings is 1. The van der Waals surface area contributed by atoms with Crippen molar-refractivity contribution in [2.45, 2.75) is 44.5 Å². The number of rotatable bonds is 5. The predicted molar refractivity (Wildman–Crippen MR) is 120 cm³/mol. The van der Waals surface area contributed by atoms with Crippen LogP contribution in [-0.4, -0.2) is 69.2 Å². The molecule has 1 fully saturated rings. The molecule has 1 atom stereocenters. The molecular weight excluding hydrogens is 445 g/mol. The highest BCUT2D eigenvalue weighted by Crippen LogP contribution is 2.30. The van der Waals surface area contributed by atoms with Gasteiger partial charge in [-0.05, 0) is 37.3 Å². The first-order valence-corrected chi connectivity index (χ1v) is 12.0. The highest BCUT2D eigenvalue weighted by Gasteiger charge is 2.36. The number of aliphatic imine (C=N–C) groups is 2. The number of halogens is 3. The van der Waals surface area contributed by atoms with Gasteiger partial charge in [-0.2, -0.15) is 13.2 Å². The largest absolute Gasteiger partial charge is 0.433 e. The van der Waals surface area contributed by atoms with Gasteiger partial charge in [-0.1, -0.05) is 26.0 Å².